The molecule has 1 aromatic rings. The molecule has 4 unspecified atom stereocenters. The second kappa shape index (κ2) is 6.29. The van der Waals surface area contributed by atoms with Crippen LogP contribution in [0.5, 0.6) is 5.75 Å². The van der Waals surface area contributed by atoms with Crippen molar-refractivity contribution in [3.8, 4) is 5.75 Å². The van der Waals surface area contributed by atoms with Crippen LogP contribution >= 0.6 is 0 Å². The first-order chi connectivity index (χ1) is 10.6. The van der Waals surface area contributed by atoms with E-state index in [-0.39, 0.29) is 17.9 Å². The lowest BCUT2D eigenvalue weighted by Crippen LogP contribution is -2.38. The summed E-state index contributed by atoms with van der Waals surface area (Å²) in [5.74, 6) is 2.26. The van der Waals surface area contributed by atoms with Gasteiger partial charge < -0.3 is 15.2 Å². The van der Waals surface area contributed by atoms with E-state index in [1.807, 2.05) is 31.2 Å². The number of nitrogens with one attached hydrogen (secondary N) is 1. The fourth-order valence-electron chi connectivity index (χ4n) is 3.87. The topological polar surface area (TPSA) is 58.6 Å². The Labute approximate surface area is 131 Å². The maximum atomic E-state index is 12.4. The Morgan fingerprint density at radius 1 is 1.23 bits per heavy atom. The molecular formula is C18H25NO3. The highest BCUT2D eigenvalue weighted by Gasteiger charge is 2.54. The zero-order valence-corrected chi connectivity index (χ0v) is 13.3. The molecule has 2 N–H and O–H groups in total. The SMILES string of the molecule is COc1ccc(C(O)C(C)NC(=O)C2C3CCCCC32)cc1. The number of aliphatic hydroxyl groups excluding tert-OH is 1. The molecule has 4 heteroatoms. The van der Waals surface area contributed by atoms with Crippen molar-refractivity contribution >= 4 is 5.91 Å². The van der Waals surface area contributed by atoms with Crippen LogP contribution in [-0.4, -0.2) is 24.2 Å². The van der Waals surface area contributed by atoms with Gasteiger partial charge in [-0.3, -0.25) is 4.79 Å². The molecule has 0 radical (unpaired) electrons. The van der Waals surface area contributed by atoms with Crippen LogP contribution in [0.1, 0.15) is 44.3 Å². The maximum Gasteiger partial charge on any atom is 0.223 e. The molecule has 120 valence electrons. The van der Waals surface area contributed by atoms with Gasteiger partial charge in [0, 0.05) is 5.92 Å². The number of benzene rings is 1. The standard InChI is InChI=1S/C18H25NO3/c1-11(17(20)12-7-9-13(22-2)10-8-12)19-18(21)16-14-5-3-4-6-15(14)16/h7-11,14-17,20H,3-6H2,1-2H3,(H,19,21). The van der Waals surface area contributed by atoms with Crippen molar-refractivity contribution in [2.45, 2.75) is 44.8 Å². The molecule has 2 fully saturated rings. The van der Waals surface area contributed by atoms with Gasteiger partial charge in [0.05, 0.1) is 19.3 Å². The predicted molar refractivity (Wildman–Crippen MR) is 84.5 cm³/mol. The molecule has 1 aromatic carbocycles. The molecule has 22 heavy (non-hydrogen) atoms. The number of aliphatic hydroxyl groups is 1. The van der Waals surface area contributed by atoms with Crippen LogP contribution in [0.4, 0.5) is 0 Å². The lowest BCUT2D eigenvalue weighted by atomic mass is 10.0. The number of hydrogen-bond donors (Lipinski definition) is 2. The third kappa shape index (κ3) is 2.98. The number of hydrogen-bond acceptors (Lipinski definition) is 3. The zero-order valence-electron chi connectivity index (χ0n) is 13.3. The summed E-state index contributed by atoms with van der Waals surface area (Å²) in [7, 11) is 1.61. The summed E-state index contributed by atoms with van der Waals surface area (Å²) in [6, 6.07) is 7.03. The third-order valence-electron chi connectivity index (χ3n) is 5.26. The predicted octanol–water partition coefficient (Wildman–Crippen LogP) is 2.67. The molecule has 0 saturated heterocycles. The molecular weight excluding hydrogens is 278 g/mol. The van der Waals surface area contributed by atoms with Crippen molar-refractivity contribution in [2.24, 2.45) is 17.8 Å². The monoisotopic (exact) mass is 303 g/mol. The number of carbonyl (C=O) groups is 1. The van der Waals surface area contributed by atoms with Gasteiger partial charge in [0.2, 0.25) is 5.91 Å². The van der Waals surface area contributed by atoms with Gasteiger partial charge in [0.1, 0.15) is 5.75 Å². The minimum atomic E-state index is -0.698. The van der Waals surface area contributed by atoms with Crippen LogP contribution in [0.25, 0.3) is 0 Å². The van der Waals surface area contributed by atoms with Crippen LogP contribution in [0.2, 0.25) is 0 Å². The highest BCUT2D eigenvalue weighted by Crippen LogP contribution is 2.55. The van der Waals surface area contributed by atoms with Gasteiger partial charge in [-0.25, -0.2) is 0 Å². The average Bonchev–Trinajstić information content (AvgIpc) is 3.28. The summed E-state index contributed by atoms with van der Waals surface area (Å²) in [6.07, 6.45) is 4.20. The van der Waals surface area contributed by atoms with Crippen molar-refractivity contribution in [2.75, 3.05) is 7.11 Å². The van der Waals surface area contributed by atoms with E-state index in [0.717, 1.165) is 11.3 Å². The van der Waals surface area contributed by atoms with E-state index in [0.29, 0.717) is 11.8 Å². The van der Waals surface area contributed by atoms with Crippen LogP contribution in [0, 0.1) is 17.8 Å². The lowest BCUT2D eigenvalue weighted by molar-refractivity contribution is -0.124. The van der Waals surface area contributed by atoms with Gasteiger partial charge in [0.15, 0.2) is 0 Å². The normalized spacial score (nSPS) is 29.1. The smallest absolute Gasteiger partial charge is 0.223 e. The Morgan fingerprint density at radius 2 is 1.82 bits per heavy atom. The number of amides is 1. The van der Waals surface area contributed by atoms with Crippen molar-refractivity contribution in [3.05, 3.63) is 29.8 Å². The van der Waals surface area contributed by atoms with E-state index < -0.39 is 6.10 Å². The molecule has 4 atom stereocenters. The molecule has 3 rings (SSSR count). The lowest BCUT2D eigenvalue weighted by Gasteiger charge is -2.21. The maximum absolute atomic E-state index is 12.4. The molecule has 2 aliphatic carbocycles. The number of ether oxygens (including phenoxy) is 1. The molecule has 0 aliphatic heterocycles. The van der Waals surface area contributed by atoms with Crippen molar-refractivity contribution < 1.29 is 14.6 Å². The van der Waals surface area contributed by atoms with E-state index in [2.05, 4.69) is 5.32 Å². The zero-order chi connectivity index (χ0) is 15.7. The van der Waals surface area contributed by atoms with Crippen LogP contribution in [-0.2, 0) is 4.79 Å². The molecule has 0 aromatic heterocycles. The molecule has 4 nitrogen and oxygen atoms in total. The molecule has 2 saturated carbocycles. The molecule has 0 spiro atoms. The number of fused-ring (bicyclic) bond motifs is 1. The summed E-state index contributed by atoms with van der Waals surface area (Å²) in [4.78, 5) is 12.4. The minimum absolute atomic E-state index is 0.122. The highest BCUT2D eigenvalue weighted by atomic mass is 16.5. The summed E-state index contributed by atoms with van der Waals surface area (Å²) in [5.41, 5.74) is 0.793. The third-order valence-corrected chi connectivity index (χ3v) is 5.26. The van der Waals surface area contributed by atoms with Crippen molar-refractivity contribution in [3.63, 3.8) is 0 Å². The first kappa shape index (κ1) is 15.3. The second-order valence-corrected chi connectivity index (χ2v) is 6.65. The number of rotatable bonds is 5. The van der Waals surface area contributed by atoms with Gasteiger partial charge in [-0.2, -0.15) is 0 Å². The second-order valence-electron chi connectivity index (χ2n) is 6.65. The fraction of sp³-hybridized carbons (Fsp3) is 0.611. The summed E-state index contributed by atoms with van der Waals surface area (Å²) >= 11 is 0. The fourth-order valence-corrected chi connectivity index (χ4v) is 3.87. The Hall–Kier alpha value is -1.55. The minimum Gasteiger partial charge on any atom is -0.497 e. The van der Waals surface area contributed by atoms with Gasteiger partial charge in [0.25, 0.3) is 0 Å². The summed E-state index contributed by atoms with van der Waals surface area (Å²) in [5, 5.41) is 13.4. The van der Waals surface area contributed by atoms with E-state index in [4.69, 9.17) is 4.74 Å². The average molecular weight is 303 g/mol. The van der Waals surface area contributed by atoms with E-state index in [1.165, 1.54) is 25.7 Å². The quantitative estimate of drug-likeness (QED) is 0.879. The Morgan fingerprint density at radius 3 is 2.36 bits per heavy atom. The van der Waals surface area contributed by atoms with Gasteiger partial charge in [-0.05, 0) is 49.3 Å². The van der Waals surface area contributed by atoms with Crippen LogP contribution in [0.15, 0.2) is 24.3 Å². The van der Waals surface area contributed by atoms with E-state index >= 15 is 0 Å². The van der Waals surface area contributed by atoms with Gasteiger partial charge in [-0.1, -0.05) is 25.0 Å². The van der Waals surface area contributed by atoms with Crippen LogP contribution in [0.3, 0.4) is 0 Å². The first-order valence-corrected chi connectivity index (χ1v) is 8.24. The highest BCUT2D eigenvalue weighted by molar-refractivity contribution is 5.82. The number of carbonyl (C=O) groups excluding carboxylic acids is 1. The molecule has 1 amide bonds. The van der Waals surface area contributed by atoms with Crippen LogP contribution < -0.4 is 10.1 Å². The summed E-state index contributed by atoms with van der Waals surface area (Å²) < 4.78 is 5.12. The van der Waals surface area contributed by atoms with Crippen molar-refractivity contribution in [1.82, 2.24) is 5.32 Å². The first-order valence-electron chi connectivity index (χ1n) is 8.24. The Bertz CT molecular complexity index is 516. The molecule has 0 heterocycles. The number of methoxy groups -OCH3 is 1. The Balaban J connectivity index is 1.56. The molecule has 2 aliphatic rings. The van der Waals surface area contributed by atoms with E-state index in [9.17, 15) is 9.90 Å². The van der Waals surface area contributed by atoms with E-state index in [1.54, 1.807) is 7.11 Å². The van der Waals surface area contributed by atoms with Crippen molar-refractivity contribution in [1.29, 1.82) is 0 Å². The van der Waals surface area contributed by atoms with Gasteiger partial charge >= 0.3 is 0 Å². The Kier molecular flexibility index (Phi) is 4.39. The molecule has 0 bridgehead atoms. The van der Waals surface area contributed by atoms with Gasteiger partial charge in [-0.15, -0.1) is 0 Å². The summed E-state index contributed by atoms with van der Waals surface area (Å²) in [6.45, 7) is 1.86. The largest absolute Gasteiger partial charge is 0.497 e.